The Hall–Kier alpha value is -0.753. The molecule has 0 unspecified atom stereocenters. The first-order valence-electron chi connectivity index (χ1n) is 7.76. The Morgan fingerprint density at radius 1 is 1.14 bits per heavy atom. The fourth-order valence-corrected chi connectivity index (χ4v) is 2.67. The third kappa shape index (κ3) is 6.56. The number of hydrogen-bond acceptors (Lipinski definition) is 3. The lowest BCUT2D eigenvalue weighted by molar-refractivity contribution is 0.0101. The van der Waals surface area contributed by atoms with Gasteiger partial charge in [0, 0.05) is 0 Å². The normalized spacial score (nSPS) is 14.1. The molecule has 0 radical (unpaired) electrons. The second kappa shape index (κ2) is 8.20. The Balaban J connectivity index is 2.21. The minimum Gasteiger partial charge on any atom is -0.414 e. The van der Waals surface area contributed by atoms with Gasteiger partial charge in [-0.15, -0.1) is 0 Å². The number of aliphatic hydroxyl groups is 1. The lowest BCUT2D eigenvalue weighted by Crippen LogP contribution is -2.43. The lowest BCUT2D eigenvalue weighted by atomic mass is 10.2. The molecule has 0 spiro atoms. The van der Waals surface area contributed by atoms with Crippen molar-refractivity contribution in [1.82, 2.24) is 0 Å². The predicted octanol–water partition coefficient (Wildman–Crippen LogP) is 3.77. The van der Waals surface area contributed by atoms with Crippen LogP contribution >= 0.6 is 0 Å². The molecule has 0 aliphatic carbocycles. The smallest absolute Gasteiger partial charge is 0.192 e. The van der Waals surface area contributed by atoms with Crippen molar-refractivity contribution in [1.29, 1.82) is 0 Å². The molecule has 1 atom stereocenters. The van der Waals surface area contributed by atoms with Crippen molar-refractivity contribution < 1.29 is 18.7 Å². The molecule has 0 aliphatic rings. The highest BCUT2D eigenvalue weighted by Gasteiger charge is 2.37. The summed E-state index contributed by atoms with van der Waals surface area (Å²) in [6.45, 7) is 11.9. The van der Waals surface area contributed by atoms with Crippen LogP contribution in [-0.4, -0.2) is 39.3 Å². The summed E-state index contributed by atoms with van der Waals surface area (Å²) in [7, 11) is -1.82. The maximum Gasteiger partial charge on any atom is 0.192 e. The van der Waals surface area contributed by atoms with Crippen molar-refractivity contribution in [2.75, 3.05) is 19.8 Å². The number of hydrogen-bond donors (Lipinski definition) is 1. The summed E-state index contributed by atoms with van der Waals surface area (Å²) in [5.74, 6) is -0.233. The van der Waals surface area contributed by atoms with Crippen LogP contribution in [0, 0.1) is 5.82 Å². The molecule has 0 aromatic heterocycles. The van der Waals surface area contributed by atoms with Gasteiger partial charge in [0.25, 0.3) is 0 Å². The van der Waals surface area contributed by atoms with E-state index in [1.807, 2.05) is 0 Å². The molecular weight excluding hydrogens is 299 g/mol. The monoisotopic (exact) mass is 328 g/mol. The summed E-state index contributed by atoms with van der Waals surface area (Å²) in [4.78, 5) is 0. The van der Waals surface area contributed by atoms with Gasteiger partial charge in [0.05, 0.1) is 25.9 Å². The van der Waals surface area contributed by atoms with Gasteiger partial charge in [-0.2, -0.15) is 0 Å². The van der Waals surface area contributed by atoms with Crippen molar-refractivity contribution in [2.45, 2.75) is 51.4 Å². The van der Waals surface area contributed by atoms with Gasteiger partial charge in [-0.05, 0) is 42.2 Å². The average Bonchev–Trinajstić information content (AvgIpc) is 2.42. The van der Waals surface area contributed by atoms with E-state index in [9.17, 15) is 9.50 Å². The fraction of sp³-hybridized carbons (Fsp3) is 0.647. The van der Waals surface area contributed by atoms with Crippen molar-refractivity contribution >= 4 is 8.32 Å². The number of benzene rings is 1. The highest BCUT2D eigenvalue weighted by Crippen LogP contribution is 2.36. The van der Waals surface area contributed by atoms with Crippen LogP contribution in [0.25, 0.3) is 0 Å². The zero-order valence-corrected chi connectivity index (χ0v) is 15.4. The molecule has 1 rings (SSSR count). The summed E-state index contributed by atoms with van der Waals surface area (Å²) in [6, 6.07) is 6.37. The highest BCUT2D eigenvalue weighted by molar-refractivity contribution is 6.74. The van der Waals surface area contributed by atoms with Crippen LogP contribution in [0.15, 0.2) is 24.3 Å². The van der Waals surface area contributed by atoms with E-state index in [2.05, 4.69) is 33.9 Å². The third-order valence-electron chi connectivity index (χ3n) is 4.20. The van der Waals surface area contributed by atoms with Crippen LogP contribution in [0.2, 0.25) is 18.1 Å². The molecule has 1 N–H and O–H groups in total. The van der Waals surface area contributed by atoms with Crippen LogP contribution in [0.4, 0.5) is 4.39 Å². The Kier molecular flexibility index (Phi) is 7.19. The van der Waals surface area contributed by atoms with Crippen molar-refractivity contribution in [3.05, 3.63) is 35.6 Å². The molecule has 0 amide bonds. The van der Waals surface area contributed by atoms with Crippen LogP contribution < -0.4 is 0 Å². The summed E-state index contributed by atoms with van der Waals surface area (Å²) in [5, 5.41) is 10.1. The molecular formula is C17H29FO3Si. The summed E-state index contributed by atoms with van der Waals surface area (Å²) in [6.07, 6.45) is 0.0955. The molecule has 0 saturated carbocycles. The van der Waals surface area contributed by atoms with E-state index in [0.717, 1.165) is 5.56 Å². The second-order valence-electron chi connectivity index (χ2n) is 7.18. The Bertz CT molecular complexity index is 440. The molecule has 5 heteroatoms. The van der Waals surface area contributed by atoms with Crippen molar-refractivity contribution in [3.63, 3.8) is 0 Å². The van der Waals surface area contributed by atoms with Gasteiger partial charge in [0.1, 0.15) is 5.82 Å². The van der Waals surface area contributed by atoms with Gasteiger partial charge in [-0.3, -0.25) is 0 Å². The molecule has 0 bridgehead atoms. The number of ether oxygens (including phenoxy) is 1. The van der Waals surface area contributed by atoms with Gasteiger partial charge in [0.2, 0.25) is 0 Å². The molecule has 1 aromatic carbocycles. The zero-order chi connectivity index (χ0) is 16.8. The molecule has 126 valence electrons. The quantitative estimate of drug-likeness (QED) is 0.583. The summed E-state index contributed by atoms with van der Waals surface area (Å²) < 4.78 is 24.2. The minimum atomic E-state index is -1.82. The largest absolute Gasteiger partial charge is 0.414 e. The van der Waals surface area contributed by atoms with Crippen molar-refractivity contribution in [2.24, 2.45) is 0 Å². The molecule has 0 saturated heterocycles. The average molecular weight is 328 g/mol. The van der Waals surface area contributed by atoms with E-state index in [-0.39, 0.29) is 17.5 Å². The first-order valence-corrected chi connectivity index (χ1v) is 10.7. The van der Waals surface area contributed by atoms with Gasteiger partial charge < -0.3 is 14.3 Å². The maximum absolute atomic E-state index is 12.8. The highest BCUT2D eigenvalue weighted by atomic mass is 28.4. The predicted molar refractivity (Wildman–Crippen MR) is 90.1 cm³/mol. The molecule has 0 fully saturated rings. The van der Waals surface area contributed by atoms with Crippen LogP contribution in [0.5, 0.6) is 0 Å². The van der Waals surface area contributed by atoms with Crippen LogP contribution in [-0.2, 0) is 15.6 Å². The molecule has 1 aromatic rings. The topological polar surface area (TPSA) is 38.7 Å². The Morgan fingerprint density at radius 2 is 1.73 bits per heavy atom. The maximum atomic E-state index is 12.8. The van der Waals surface area contributed by atoms with Gasteiger partial charge in [-0.1, -0.05) is 32.9 Å². The first-order chi connectivity index (χ1) is 10.1. The fourth-order valence-electron chi connectivity index (χ4n) is 1.63. The van der Waals surface area contributed by atoms with E-state index >= 15 is 0 Å². The number of halogens is 1. The minimum absolute atomic E-state index is 0.135. The first kappa shape index (κ1) is 19.3. The molecule has 0 aliphatic heterocycles. The molecule has 3 nitrogen and oxygen atoms in total. The number of aliphatic hydroxyl groups excluding tert-OH is 1. The second-order valence-corrected chi connectivity index (χ2v) is 12.0. The number of rotatable bonds is 8. The van der Waals surface area contributed by atoms with Gasteiger partial charge in [-0.25, -0.2) is 4.39 Å². The van der Waals surface area contributed by atoms with Gasteiger partial charge in [0.15, 0.2) is 8.32 Å². The Morgan fingerprint density at radius 3 is 2.27 bits per heavy atom. The van der Waals surface area contributed by atoms with E-state index < -0.39 is 14.4 Å². The van der Waals surface area contributed by atoms with Crippen LogP contribution in [0.1, 0.15) is 26.3 Å². The van der Waals surface area contributed by atoms with E-state index in [0.29, 0.717) is 19.6 Å². The lowest BCUT2D eigenvalue weighted by Gasteiger charge is -2.36. The molecule has 22 heavy (non-hydrogen) atoms. The Labute approximate surface area is 134 Å². The van der Waals surface area contributed by atoms with E-state index in [1.165, 1.54) is 12.1 Å². The van der Waals surface area contributed by atoms with E-state index in [1.54, 1.807) is 12.1 Å². The summed E-state index contributed by atoms with van der Waals surface area (Å²) in [5.41, 5.74) is 1.02. The zero-order valence-electron chi connectivity index (χ0n) is 14.4. The van der Waals surface area contributed by atoms with E-state index in [4.69, 9.17) is 9.16 Å². The standard InChI is InChI=1S/C17H29FO3Si/c1-17(2,3)22(4,5)21-13-16(19)12-20-11-10-14-6-8-15(18)9-7-14/h6-9,16,19H,10-13H2,1-5H3/t16-/m1/s1. The van der Waals surface area contributed by atoms with Gasteiger partial charge >= 0.3 is 0 Å². The van der Waals surface area contributed by atoms with Crippen LogP contribution in [0.3, 0.4) is 0 Å². The third-order valence-corrected chi connectivity index (χ3v) is 8.70. The molecule has 0 heterocycles. The summed E-state index contributed by atoms with van der Waals surface area (Å²) >= 11 is 0. The van der Waals surface area contributed by atoms with Crippen molar-refractivity contribution in [3.8, 4) is 0 Å². The SMILES string of the molecule is CC(C)(C)[Si](C)(C)OC[C@H](O)COCCc1ccc(F)cc1.